The maximum Gasteiger partial charge on any atom is 0.290 e. The zero-order chi connectivity index (χ0) is 19.8. The van der Waals surface area contributed by atoms with Gasteiger partial charge in [-0.05, 0) is 32.5 Å². The minimum Gasteiger partial charge on any atom is -0.483 e. The Hall–Kier alpha value is -2.78. The average Bonchev–Trinajstić information content (AvgIpc) is 3.44. The first-order valence-electron chi connectivity index (χ1n) is 9.01. The quantitative estimate of drug-likeness (QED) is 0.641. The van der Waals surface area contributed by atoms with Crippen molar-refractivity contribution >= 4 is 34.6 Å². The van der Waals surface area contributed by atoms with Gasteiger partial charge in [-0.3, -0.25) is 19.6 Å². The number of carboxylic acid groups (broad SMARTS) is 1. The molecule has 1 aromatic carbocycles. The third kappa shape index (κ3) is 3.16. The van der Waals surface area contributed by atoms with E-state index >= 15 is 0 Å². The number of likely N-dealkylation sites (tertiary alicyclic amines) is 2. The molecule has 9 heteroatoms. The van der Waals surface area contributed by atoms with Crippen molar-refractivity contribution in [1.82, 2.24) is 25.0 Å². The second-order valence-electron chi connectivity index (χ2n) is 7.15. The largest absolute Gasteiger partial charge is 0.483 e. The molecule has 0 aliphatic carbocycles. The molecular formula is C19H21N5O3S. The van der Waals surface area contributed by atoms with Crippen molar-refractivity contribution in [3.63, 3.8) is 0 Å². The van der Waals surface area contributed by atoms with Crippen LogP contribution in [-0.4, -0.2) is 74.7 Å². The highest BCUT2D eigenvalue weighted by Gasteiger charge is 2.44. The molecule has 146 valence electrons. The highest BCUT2D eigenvalue weighted by atomic mass is 32.1. The van der Waals surface area contributed by atoms with Crippen molar-refractivity contribution in [2.75, 3.05) is 20.1 Å². The number of nitrogens with one attached hydrogen (secondary N) is 1. The van der Waals surface area contributed by atoms with Crippen molar-refractivity contribution in [2.45, 2.75) is 25.4 Å². The van der Waals surface area contributed by atoms with Crippen LogP contribution in [0.4, 0.5) is 0 Å². The number of thiazole rings is 1. The fourth-order valence-electron chi connectivity index (χ4n) is 4.05. The van der Waals surface area contributed by atoms with E-state index in [4.69, 9.17) is 9.90 Å². The van der Waals surface area contributed by atoms with E-state index in [1.807, 2.05) is 36.2 Å². The number of hydrogen-bond acceptors (Lipinski definition) is 6. The Labute approximate surface area is 165 Å². The van der Waals surface area contributed by atoms with Gasteiger partial charge in [-0.2, -0.15) is 5.10 Å². The number of amides is 1. The van der Waals surface area contributed by atoms with Crippen molar-refractivity contribution in [3.05, 3.63) is 35.0 Å². The van der Waals surface area contributed by atoms with E-state index < -0.39 is 0 Å². The number of carbonyl (C=O) groups excluding carboxylic acids is 1. The van der Waals surface area contributed by atoms with E-state index in [0.29, 0.717) is 17.8 Å². The van der Waals surface area contributed by atoms with Gasteiger partial charge in [0.25, 0.3) is 12.4 Å². The van der Waals surface area contributed by atoms with Gasteiger partial charge in [-0.1, -0.05) is 6.07 Å². The minimum absolute atomic E-state index is 0.0460. The SMILES string of the molecule is Cc1cnc(-c2ccc3c(C(=O)N4C[C@@H]5C[C@H]4CN5C)n[nH]c3c2)s1.O=CO. The molecule has 0 radical (unpaired) electrons. The van der Waals surface area contributed by atoms with Gasteiger partial charge in [-0.15, -0.1) is 11.3 Å². The minimum atomic E-state index is -0.250. The fraction of sp³-hybridized carbons (Fsp3) is 0.368. The molecule has 2 N–H and O–H groups in total. The topological polar surface area (TPSA) is 102 Å². The first-order valence-corrected chi connectivity index (χ1v) is 9.83. The molecule has 2 aliphatic heterocycles. The summed E-state index contributed by atoms with van der Waals surface area (Å²) >= 11 is 1.67. The Morgan fingerprint density at radius 3 is 2.75 bits per heavy atom. The number of benzene rings is 1. The molecule has 28 heavy (non-hydrogen) atoms. The van der Waals surface area contributed by atoms with Crippen LogP contribution in [0.1, 0.15) is 21.8 Å². The average molecular weight is 399 g/mol. The number of aryl methyl sites for hydroxylation is 1. The highest BCUT2D eigenvalue weighted by Crippen LogP contribution is 2.32. The van der Waals surface area contributed by atoms with E-state index in [1.165, 1.54) is 4.88 Å². The summed E-state index contributed by atoms with van der Waals surface area (Å²) in [6.07, 6.45) is 2.96. The zero-order valence-electron chi connectivity index (χ0n) is 15.6. The number of rotatable bonds is 2. The highest BCUT2D eigenvalue weighted by molar-refractivity contribution is 7.14. The van der Waals surface area contributed by atoms with E-state index in [9.17, 15) is 4.79 Å². The molecular weight excluding hydrogens is 378 g/mol. The standard InChI is InChI=1S/C18H19N5OS.CH2O2/c1-10-7-19-17(25-10)11-3-4-14-15(5-11)20-21-16(14)18(24)23-9-12-6-13(23)8-22(12)2;2-1-3/h3-5,7,12-13H,6,8-9H2,1-2H3,(H,20,21);1H,(H,2,3)/t12-,13-;/m0./s1. The fourth-order valence-corrected chi connectivity index (χ4v) is 4.82. The van der Waals surface area contributed by atoms with Gasteiger partial charge in [0.1, 0.15) is 5.01 Å². The van der Waals surface area contributed by atoms with Crippen LogP contribution in [0.3, 0.4) is 0 Å². The van der Waals surface area contributed by atoms with Crippen LogP contribution in [0.25, 0.3) is 21.5 Å². The predicted octanol–water partition coefficient (Wildman–Crippen LogP) is 2.22. The normalized spacial score (nSPS) is 21.0. The third-order valence-electron chi connectivity index (χ3n) is 5.41. The number of H-pyrrole nitrogens is 1. The summed E-state index contributed by atoms with van der Waals surface area (Å²) in [5.74, 6) is 0.0460. The molecule has 1 amide bonds. The van der Waals surface area contributed by atoms with Crippen LogP contribution in [0, 0.1) is 6.92 Å². The van der Waals surface area contributed by atoms with Gasteiger partial charge in [0.05, 0.1) is 5.52 Å². The van der Waals surface area contributed by atoms with Crippen LogP contribution in [0.2, 0.25) is 0 Å². The van der Waals surface area contributed by atoms with E-state index in [1.54, 1.807) is 11.3 Å². The molecule has 2 aliphatic rings. The van der Waals surface area contributed by atoms with Gasteiger partial charge >= 0.3 is 0 Å². The van der Waals surface area contributed by atoms with Crippen molar-refractivity contribution < 1.29 is 14.7 Å². The Morgan fingerprint density at radius 1 is 1.36 bits per heavy atom. The lowest BCUT2D eigenvalue weighted by Gasteiger charge is -2.31. The molecule has 2 atom stereocenters. The second kappa shape index (κ2) is 7.33. The Kier molecular flexibility index (Phi) is 4.86. The Balaban J connectivity index is 0.000000604. The first-order chi connectivity index (χ1) is 13.5. The van der Waals surface area contributed by atoms with Crippen LogP contribution in [0.5, 0.6) is 0 Å². The number of aromatic amines is 1. The van der Waals surface area contributed by atoms with Crippen molar-refractivity contribution in [1.29, 1.82) is 0 Å². The number of hydrogen-bond donors (Lipinski definition) is 2. The number of piperazine rings is 1. The Morgan fingerprint density at radius 2 is 2.14 bits per heavy atom. The molecule has 2 bridgehead atoms. The maximum atomic E-state index is 13.0. The summed E-state index contributed by atoms with van der Waals surface area (Å²) in [5.41, 5.74) is 2.47. The zero-order valence-corrected chi connectivity index (χ0v) is 16.4. The lowest BCUT2D eigenvalue weighted by atomic mass is 10.1. The molecule has 5 rings (SSSR count). The van der Waals surface area contributed by atoms with Gasteiger partial charge in [0.15, 0.2) is 5.69 Å². The monoisotopic (exact) mass is 399 g/mol. The van der Waals surface area contributed by atoms with Crippen LogP contribution >= 0.6 is 11.3 Å². The Bertz CT molecular complexity index is 1030. The van der Waals surface area contributed by atoms with Gasteiger partial charge in [0, 0.05) is 47.2 Å². The summed E-state index contributed by atoms with van der Waals surface area (Å²) in [4.78, 5) is 31.3. The molecule has 3 aromatic rings. The summed E-state index contributed by atoms with van der Waals surface area (Å²) < 4.78 is 0. The van der Waals surface area contributed by atoms with Gasteiger partial charge in [0.2, 0.25) is 0 Å². The second-order valence-corrected chi connectivity index (χ2v) is 8.39. The van der Waals surface area contributed by atoms with E-state index in [0.717, 1.165) is 41.0 Å². The lowest BCUT2D eigenvalue weighted by molar-refractivity contribution is -0.122. The number of aromatic nitrogens is 3. The van der Waals surface area contributed by atoms with E-state index in [-0.39, 0.29) is 12.4 Å². The summed E-state index contributed by atoms with van der Waals surface area (Å²) in [7, 11) is 2.14. The molecule has 8 nitrogen and oxygen atoms in total. The molecule has 2 aromatic heterocycles. The molecule has 0 spiro atoms. The number of likely N-dealkylation sites (N-methyl/N-ethyl adjacent to an activating group) is 1. The lowest BCUT2D eigenvalue weighted by Crippen LogP contribution is -2.47. The van der Waals surface area contributed by atoms with Crippen molar-refractivity contribution in [3.8, 4) is 10.6 Å². The van der Waals surface area contributed by atoms with E-state index in [2.05, 4.69) is 27.1 Å². The predicted molar refractivity (Wildman–Crippen MR) is 106 cm³/mol. The third-order valence-corrected chi connectivity index (χ3v) is 6.37. The summed E-state index contributed by atoms with van der Waals surface area (Å²) in [6.45, 7) is 3.57. The molecule has 4 heterocycles. The smallest absolute Gasteiger partial charge is 0.290 e. The van der Waals surface area contributed by atoms with Crippen molar-refractivity contribution in [2.24, 2.45) is 0 Å². The number of fused-ring (bicyclic) bond motifs is 3. The number of nitrogens with zero attached hydrogens (tertiary/aromatic N) is 4. The molecule has 0 unspecified atom stereocenters. The van der Waals surface area contributed by atoms with Crippen LogP contribution < -0.4 is 0 Å². The van der Waals surface area contributed by atoms with Gasteiger partial charge < -0.3 is 10.0 Å². The molecule has 2 fully saturated rings. The first kappa shape index (κ1) is 18.6. The summed E-state index contributed by atoms with van der Waals surface area (Å²) in [5, 5.41) is 16.1. The van der Waals surface area contributed by atoms with Gasteiger partial charge in [-0.25, -0.2) is 4.98 Å². The molecule has 2 saturated heterocycles. The van der Waals surface area contributed by atoms with Crippen LogP contribution in [-0.2, 0) is 4.79 Å². The molecule has 0 saturated carbocycles. The van der Waals surface area contributed by atoms with Crippen LogP contribution in [0.15, 0.2) is 24.4 Å². The maximum absolute atomic E-state index is 13.0. The number of carbonyl (C=O) groups is 2. The summed E-state index contributed by atoms with van der Waals surface area (Å²) in [6, 6.07) is 6.86.